The van der Waals surface area contributed by atoms with E-state index in [2.05, 4.69) is 27.9 Å². The van der Waals surface area contributed by atoms with Crippen LogP contribution >= 0.6 is 22.6 Å². The van der Waals surface area contributed by atoms with E-state index in [4.69, 9.17) is 0 Å². The second-order valence-electron chi connectivity index (χ2n) is 3.82. The van der Waals surface area contributed by atoms with Crippen molar-refractivity contribution in [3.63, 3.8) is 0 Å². The number of hydrogen-bond donors (Lipinski definition) is 1. The molecule has 0 fully saturated rings. The summed E-state index contributed by atoms with van der Waals surface area (Å²) in [6.07, 6.45) is 0.906. The maximum Gasteiger partial charge on any atom is 0.223 e. The molecule has 0 aliphatic heterocycles. The van der Waals surface area contributed by atoms with Gasteiger partial charge in [-0.1, -0.05) is 36.4 Å². The molecule has 0 heterocycles. The van der Waals surface area contributed by atoms with Gasteiger partial charge in [-0.05, 0) is 20.3 Å². The van der Waals surface area contributed by atoms with E-state index in [0.29, 0.717) is 0 Å². The predicted molar refractivity (Wildman–Crippen MR) is 60.6 cm³/mol. The van der Waals surface area contributed by atoms with Gasteiger partial charge in [0.05, 0.1) is 0 Å². The lowest BCUT2D eigenvalue weighted by Crippen LogP contribution is -2.46. The van der Waals surface area contributed by atoms with E-state index in [1.807, 2.05) is 27.7 Å². The second-order valence-corrected chi connectivity index (χ2v) is 4.58. The average Bonchev–Trinajstić information content (AvgIpc) is 2.02. The van der Waals surface area contributed by atoms with Gasteiger partial charge in [-0.3, -0.25) is 4.79 Å². The number of carbonyl (C=O) groups is 1. The van der Waals surface area contributed by atoms with Crippen molar-refractivity contribution in [1.82, 2.24) is 5.32 Å². The van der Waals surface area contributed by atoms with Gasteiger partial charge in [0.1, 0.15) is 0 Å². The Morgan fingerprint density at radius 2 is 2.08 bits per heavy atom. The third-order valence-corrected chi connectivity index (χ3v) is 3.76. The molecule has 0 spiro atoms. The maximum absolute atomic E-state index is 11.4. The highest BCUT2D eigenvalue weighted by Gasteiger charge is 2.20. The lowest BCUT2D eigenvalue weighted by molar-refractivity contribution is -0.125. The topological polar surface area (TPSA) is 29.1 Å². The monoisotopic (exact) mass is 283 g/mol. The van der Waals surface area contributed by atoms with Crippen molar-refractivity contribution in [1.29, 1.82) is 0 Å². The Morgan fingerprint density at radius 3 is 2.42 bits per heavy atom. The van der Waals surface area contributed by atoms with Crippen molar-refractivity contribution in [3.8, 4) is 0 Å². The molecule has 0 aliphatic carbocycles. The van der Waals surface area contributed by atoms with Crippen LogP contribution in [0.4, 0.5) is 0 Å². The summed E-state index contributed by atoms with van der Waals surface area (Å²) in [5, 5.41) is 3.01. The zero-order valence-electron chi connectivity index (χ0n) is 8.28. The van der Waals surface area contributed by atoms with Crippen LogP contribution in [0.25, 0.3) is 0 Å². The Labute approximate surface area is 88.6 Å². The van der Waals surface area contributed by atoms with Crippen molar-refractivity contribution in [3.05, 3.63) is 0 Å². The molecule has 0 saturated carbocycles. The minimum Gasteiger partial charge on any atom is -0.350 e. The molecular formula is C9H18INO. The fraction of sp³-hybridized carbons (Fsp3) is 0.889. The van der Waals surface area contributed by atoms with Gasteiger partial charge in [-0.15, -0.1) is 0 Å². The summed E-state index contributed by atoms with van der Waals surface area (Å²) in [4.78, 5) is 11.4. The SMILES string of the molecule is CCC(C)C(=O)NC(C)(C)CI. The molecule has 72 valence electrons. The number of alkyl halides is 1. The molecule has 1 atom stereocenters. The Kier molecular flexibility index (Phi) is 5.13. The first kappa shape index (κ1) is 12.2. The van der Waals surface area contributed by atoms with Gasteiger partial charge < -0.3 is 5.32 Å². The summed E-state index contributed by atoms with van der Waals surface area (Å²) in [5.74, 6) is 0.298. The molecular weight excluding hydrogens is 265 g/mol. The zero-order valence-corrected chi connectivity index (χ0v) is 10.4. The molecule has 0 rings (SSSR count). The second kappa shape index (κ2) is 5.04. The van der Waals surface area contributed by atoms with Crippen LogP contribution in [0.1, 0.15) is 34.1 Å². The molecule has 0 saturated heterocycles. The van der Waals surface area contributed by atoms with Crippen molar-refractivity contribution >= 4 is 28.5 Å². The lowest BCUT2D eigenvalue weighted by atomic mass is 10.0. The number of amides is 1. The maximum atomic E-state index is 11.4. The highest BCUT2D eigenvalue weighted by molar-refractivity contribution is 14.1. The summed E-state index contributed by atoms with van der Waals surface area (Å²) in [6.45, 7) is 8.07. The first-order valence-electron chi connectivity index (χ1n) is 4.31. The first-order valence-corrected chi connectivity index (χ1v) is 5.83. The van der Waals surface area contributed by atoms with Crippen molar-refractivity contribution in [2.75, 3.05) is 4.43 Å². The van der Waals surface area contributed by atoms with Crippen LogP contribution in [0.5, 0.6) is 0 Å². The van der Waals surface area contributed by atoms with E-state index in [0.717, 1.165) is 10.8 Å². The molecule has 1 unspecified atom stereocenters. The smallest absolute Gasteiger partial charge is 0.223 e. The van der Waals surface area contributed by atoms with Crippen LogP contribution < -0.4 is 5.32 Å². The van der Waals surface area contributed by atoms with Gasteiger partial charge in [0.2, 0.25) is 5.91 Å². The largest absolute Gasteiger partial charge is 0.350 e. The van der Waals surface area contributed by atoms with Crippen molar-refractivity contribution in [2.45, 2.75) is 39.7 Å². The number of hydrogen-bond acceptors (Lipinski definition) is 1. The summed E-state index contributed by atoms with van der Waals surface area (Å²) in [7, 11) is 0. The van der Waals surface area contributed by atoms with Crippen LogP contribution in [-0.4, -0.2) is 15.9 Å². The molecule has 1 amide bonds. The van der Waals surface area contributed by atoms with E-state index in [9.17, 15) is 4.79 Å². The van der Waals surface area contributed by atoms with E-state index < -0.39 is 0 Å². The summed E-state index contributed by atoms with van der Waals surface area (Å²) < 4.78 is 0.937. The van der Waals surface area contributed by atoms with Crippen LogP contribution in [0.2, 0.25) is 0 Å². The third kappa shape index (κ3) is 4.28. The van der Waals surface area contributed by atoms with Crippen molar-refractivity contribution in [2.24, 2.45) is 5.92 Å². The van der Waals surface area contributed by atoms with Crippen molar-refractivity contribution < 1.29 is 4.79 Å². The minimum atomic E-state index is -0.0684. The Morgan fingerprint density at radius 1 is 1.58 bits per heavy atom. The molecule has 0 aromatic rings. The molecule has 0 bridgehead atoms. The van der Waals surface area contributed by atoms with Gasteiger partial charge in [-0.25, -0.2) is 0 Å². The number of nitrogens with one attached hydrogen (secondary N) is 1. The fourth-order valence-corrected chi connectivity index (χ4v) is 0.866. The molecule has 0 aromatic carbocycles. The molecule has 0 radical (unpaired) electrons. The van der Waals surface area contributed by atoms with E-state index in [1.54, 1.807) is 0 Å². The number of rotatable bonds is 4. The van der Waals surface area contributed by atoms with E-state index >= 15 is 0 Å². The lowest BCUT2D eigenvalue weighted by Gasteiger charge is -2.25. The van der Waals surface area contributed by atoms with Gasteiger partial charge in [-0.2, -0.15) is 0 Å². The van der Waals surface area contributed by atoms with Gasteiger partial charge in [0, 0.05) is 15.9 Å². The van der Waals surface area contributed by atoms with Gasteiger partial charge in [0.15, 0.2) is 0 Å². The third-order valence-electron chi connectivity index (χ3n) is 1.86. The summed E-state index contributed by atoms with van der Waals surface area (Å²) >= 11 is 2.28. The number of halogens is 1. The van der Waals surface area contributed by atoms with Crippen LogP contribution in [-0.2, 0) is 4.79 Å². The number of carbonyl (C=O) groups excluding carboxylic acids is 1. The zero-order chi connectivity index (χ0) is 9.78. The average molecular weight is 283 g/mol. The molecule has 3 heteroatoms. The van der Waals surface area contributed by atoms with Crippen LogP contribution in [0, 0.1) is 5.92 Å². The van der Waals surface area contributed by atoms with Gasteiger partial charge in [0.25, 0.3) is 0 Å². The molecule has 0 aliphatic rings. The predicted octanol–water partition coefficient (Wildman–Crippen LogP) is 2.36. The summed E-state index contributed by atoms with van der Waals surface area (Å²) in [5.41, 5.74) is -0.0684. The minimum absolute atomic E-state index is 0.0684. The molecule has 0 aromatic heterocycles. The Bertz CT molecular complexity index is 157. The highest BCUT2D eigenvalue weighted by Crippen LogP contribution is 2.09. The standard InChI is InChI=1S/C9H18INO/c1-5-7(2)8(12)11-9(3,4)6-10/h7H,5-6H2,1-4H3,(H,11,12). The first-order chi connectivity index (χ1) is 5.43. The fourth-order valence-electron chi connectivity index (χ4n) is 0.676. The highest BCUT2D eigenvalue weighted by atomic mass is 127. The van der Waals surface area contributed by atoms with E-state index in [-0.39, 0.29) is 17.4 Å². The Balaban J connectivity index is 4.00. The molecule has 12 heavy (non-hydrogen) atoms. The van der Waals surface area contributed by atoms with E-state index in [1.165, 1.54) is 0 Å². The van der Waals surface area contributed by atoms with Crippen LogP contribution in [0.15, 0.2) is 0 Å². The molecule has 2 nitrogen and oxygen atoms in total. The molecule has 1 N–H and O–H groups in total. The van der Waals surface area contributed by atoms with Crippen LogP contribution in [0.3, 0.4) is 0 Å². The normalized spacial score (nSPS) is 14.1. The van der Waals surface area contributed by atoms with Gasteiger partial charge >= 0.3 is 0 Å². The Hall–Kier alpha value is 0.200. The quantitative estimate of drug-likeness (QED) is 0.623. The summed E-state index contributed by atoms with van der Waals surface area (Å²) in [6, 6.07) is 0.